The number of halogens is 4. The minimum Gasteiger partial charge on any atom is -0.307 e. The molecule has 0 N–H and O–H groups in total. The van der Waals surface area contributed by atoms with Gasteiger partial charge in [0.2, 0.25) is 0 Å². The number of benzene rings is 24. The molecule has 0 spiro atoms. The van der Waals surface area contributed by atoms with Gasteiger partial charge < -0.3 is 19.6 Å². The van der Waals surface area contributed by atoms with Crippen LogP contribution in [-0.2, 0) is 0 Å². The monoisotopic (exact) mass is 1830 g/mol. The van der Waals surface area contributed by atoms with Crippen molar-refractivity contribution in [2.75, 3.05) is 19.6 Å². The Labute approximate surface area is 840 Å². The summed E-state index contributed by atoms with van der Waals surface area (Å²) in [6, 6.07) is 96.8. The highest BCUT2D eigenvalue weighted by Gasteiger charge is 2.35. The van der Waals surface area contributed by atoms with Crippen LogP contribution >= 0.6 is 0 Å². The molecule has 0 saturated carbocycles. The first-order valence-electron chi connectivity index (χ1n) is 55.8. The molecule has 0 aliphatic carbocycles. The standard InChI is InChI=1S/C68H50F2N2.C64H42F2N2/c1-43-19-11-15-27-51(43)55-37-39-59(69)67(65(55)53-29-17-13-21-45(53)3)71(49-23-7-5-8-24-49)61-41-33-47-32-36-58-62(42-34-48-31-35-57(61)63(47)64(48)58)72(50-25-9-6-10-26-50)68-60(70)40-38-56(52-28-16-12-20-44(52)2)66(68)54-30-18-14-22-46(54)4;65-55-39-37-51(43-19-7-1-8-20-43)61(45-23-11-3-12-24-45)63(55)67(49-27-15-5-16-28-49)57-41-33-47-32-36-54-58(42-34-48-31-35-53(57)59(47)60(48)54)68(50-29-17-6-18-30-50)64-56(66)40-38-52(44-21-9-2-10-22-44)62(64)46-25-13-4-14-26-46/h5-42H,1-4H3;1-42H/i5D,6D,7D,8D,9D,10D,23D,24D,25D,26D;5D,6D,15D,16D,17D,18D,27D,28D,29D,30D. The molecule has 0 heterocycles. The number of rotatable bonds is 20. The zero-order valence-corrected chi connectivity index (χ0v) is 75.9. The largest absolute Gasteiger partial charge is 0.307 e. The van der Waals surface area contributed by atoms with Crippen LogP contribution in [0.3, 0.4) is 0 Å². The van der Waals surface area contributed by atoms with Crippen molar-refractivity contribution in [2.45, 2.75) is 27.7 Å². The highest BCUT2D eigenvalue weighted by Crippen LogP contribution is 2.58. The predicted octanol–water partition coefficient (Wildman–Crippen LogP) is 38.2. The molecule has 24 rings (SSSR count). The Morgan fingerprint density at radius 2 is 0.393 bits per heavy atom. The Morgan fingerprint density at radius 3 is 0.650 bits per heavy atom. The smallest absolute Gasteiger partial charge is 0.147 e. The predicted molar refractivity (Wildman–Crippen MR) is 581 cm³/mol. The van der Waals surface area contributed by atoms with Crippen molar-refractivity contribution in [3.8, 4) is 89.0 Å². The SMILES string of the molecule is [2H]c1c([2H])c([2H])c(N(c2c(F)ccc(-c3ccccc3)c2-c2ccccc2)c2ccc3ccc4c(N(c5c([2H])c([2H])c([2H])c([2H])c5[2H])c5c(F)ccc(-c6ccccc6)c5-c5ccccc5)ccc5ccc2c3c54)c([2H])c1[2H].[2H]c1c([2H])c([2H])c(N(c2c(F)ccc(-c3ccccc3C)c2-c2ccccc2C)c2ccc3ccc4c(N(c5c([2H])c([2H])c([2H])c([2H])c5[2H])c5c(F)ccc(-c6ccccc6C)c5-c5ccccc5C)ccc5ccc2c3c54)c([2H])c1[2H]. The Kier molecular flexibility index (Phi) is 17.5. The van der Waals surface area contributed by atoms with Crippen molar-refractivity contribution in [1.82, 2.24) is 0 Å². The van der Waals surface area contributed by atoms with Gasteiger partial charge >= 0.3 is 0 Å². The van der Waals surface area contributed by atoms with Crippen LogP contribution < -0.4 is 19.6 Å². The molecule has 0 saturated heterocycles. The van der Waals surface area contributed by atoms with E-state index in [4.69, 9.17) is 16.4 Å². The maximum atomic E-state index is 18.0. The van der Waals surface area contributed by atoms with E-state index in [1.54, 1.807) is 48.5 Å². The third-order valence-corrected chi connectivity index (χ3v) is 26.4. The van der Waals surface area contributed by atoms with Gasteiger partial charge in [-0.1, -0.05) is 388 Å². The van der Waals surface area contributed by atoms with E-state index in [-0.39, 0.29) is 68.2 Å². The van der Waals surface area contributed by atoms with Crippen molar-refractivity contribution in [1.29, 1.82) is 0 Å². The highest BCUT2D eigenvalue weighted by atomic mass is 19.1. The molecule has 24 aromatic carbocycles. The lowest BCUT2D eigenvalue weighted by molar-refractivity contribution is 0.629. The molecule has 668 valence electrons. The average Bonchev–Trinajstić information content (AvgIpc) is 0.706. The molecule has 24 aromatic rings. The number of para-hydroxylation sites is 4. The molecular formula is C132H92F4N4. The van der Waals surface area contributed by atoms with Crippen LogP contribution in [0.25, 0.3) is 154 Å². The normalized spacial score (nSPS) is 13.4. The highest BCUT2D eigenvalue weighted by molar-refractivity contribution is 6.30. The lowest BCUT2D eigenvalue weighted by atomic mass is 9.87. The van der Waals surface area contributed by atoms with Crippen LogP contribution in [0.4, 0.5) is 85.8 Å². The molecule has 4 nitrogen and oxygen atoms in total. The molecule has 8 heteroatoms. The molecule has 0 bridgehead atoms. The van der Waals surface area contributed by atoms with E-state index >= 15 is 17.6 Å². The summed E-state index contributed by atoms with van der Waals surface area (Å²) in [6.45, 7) is 7.74. The Bertz CT molecular complexity index is 9450. The number of aryl methyl sites for hydroxylation is 4. The third kappa shape index (κ3) is 15.3. The van der Waals surface area contributed by atoms with Gasteiger partial charge in [-0.2, -0.15) is 0 Å². The Balaban J connectivity index is 0.000000173. The summed E-state index contributed by atoms with van der Waals surface area (Å²) in [5.41, 5.74) is 12.6. The van der Waals surface area contributed by atoms with Crippen LogP contribution in [-0.4, -0.2) is 0 Å². The second kappa shape index (κ2) is 36.8. The van der Waals surface area contributed by atoms with Crippen molar-refractivity contribution >= 4 is 133 Å². The van der Waals surface area contributed by atoms with E-state index in [2.05, 4.69) is 0 Å². The van der Waals surface area contributed by atoms with E-state index in [1.807, 2.05) is 319 Å². The van der Waals surface area contributed by atoms with E-state index < -0.39 is 144 Å². The van der Waals surface area contributed by atoms with Gasteiger partial charge in [0, 0.05) is 66.5 Å². The molecule has 0 aromatic heterocycles. The van der Waals surface area contributed by atoms with Gasteiger partial charge in [0.25, 0.3) is 0 Å². The Hall–Kier alpha value is -17.7. The molecule has 0 radical (unpaired) electrons. The van der Waals surface area contributed by atoms with E-state index in [0.717, 1.165) is 44.5 Å². The molecule has 0 atom stereocenters. The van der Waals surface area contributed by atoms with Crippen molar-refractivity contribution in [2.24, 2.45) is 0 Å². The minimum absolute atomic E-state index is 0.0654. The summed E-state index contributed by atoms with van der Waals surface area (Å²) in [5.74, 6) is -2.94. The molecule has 140 heavy (non-hydrogen) atoms. The number of hydrogen-bond donors (Lipinski definition) is 0. The molecule has 0 fully saturated rings. The molecule has 0 unspecified atom stereocenters. The maximum Gasteiger partial charge on any atom is 0.147 e. The molecular weight excluding hydrogens is 1720 g/mol. The lowest BCUT2D eigenvalue weighted by Gasteiger charge is -2.32. The van der Waals surface area contributed by atoms with Gasteiger partial charge in [-0.3, -0.25) is 0 Å². The average molecular weight is 1830 g/mol. The van der Waals surface area contributed by atoms with Crippen molar-refractivity contribution in [3.05, 3.63) is 530 Å². The first-order valence-corrected chi connectivity index (χ1v) is 45.8. The van der Waals surface area contributed by atoms with Gasteiger partial charge in [0.15, 0.2) is 0 Å². The summed E-state index contributed by atoms with van der Waals surface area (Å²) in [7, 11) is 0. The van der Waals surface area contributed by atoms with Crippen LogP contribution in [0.2, 0.25) is 0 Å². The van der Waals surface area contributed by atoms with Gasteiger partial charge in [-0.25, -0.2) is 17.6 Å². The summed E-state index contributed by atoms with van der Waals surface area (Å²) in [4.78, 5) is 5.75. The third-order valence-electron chi connectivity index (χ3n) is 26.4. The fraction of sp³-hybridized carbons (Fsp3) is 0.0303. The second-order valence-corrected chi connectivity index (χ2v) is 34.4. The molecule has 0 aliphatic rings. The number of hydrogen-bond acceptors (Lipinski definition) is 4. The first kappa shape index (κ1) is 66.6. The van der Waals surface area contributed by atoms with E-state index in [1.165, 1.54) is 43.9 Å². The van der Waals surface area contributed by atoms with Crippen molar-refractivity contribution < 1.29 is 45.0 Å². The zero-order valence-electron chi connectivity index (χ0n) is 95.9. The number of nitrogens with zero attached hydrogens (tertiary/aromatic N) is 4. The Morgan fingerprint density at radius 1 is 0.179 bits per heavy atom. The van der Waals surface area contributed by atoms with E-state index in [9.17, 15) is 11.0 Å². The first-order chi connectivity index (χ1) is 77.2. The van der Waals surface area contributed by atoms with Gasteiger partial charge in [0.05, 0.1) is 72.9 Å². The maximum absolute atomic E-state index is 18.0. The van der Waals surface area contributed by atoms with Crippen LogP contribution in [0, 0.1) is 51.0 Å². The number of anilines is 12. The molecule has 0 aliphatic heterocycles. The quantitative estimate of drug-likeness (QED) is 0.0557. The van der Waals surface area contributed by atoms with Crippen LogP contribution in [0.1, 0.15) is 49.7 Å². The fourth-order valence-electron chi connectivity index (χ4n) is 20.3. The van der Waals surface area contributed by atoms with Gasteiger partial charge in [0.1, 0.15) is 23.3 Å². The summed E-state index contributed by atoms with van der Waals surface area (Å²) in [5, 5.41) is 7.14. The second-order valence-electron chi connectivity index (χ2n) is 34.4. The summed E-state index contributed by atoms with van der Waals surface area (Å²) < 4.78 is 254. The summed E-state index contributed by atoms with van der Waals surface area (Å²) in [6.07, 6.45) is 0. The van der Waals surface area contributed by atoms with E-state index in [0.29, 0.717) is 131 Å². The molecule has 0 amide bonds. The van der Waals surface area contributed by atoms with Gasteiger partial charge in [-0.15, -0.1) is 0 Å². The topological polar surface area (TPSA) is 13.0 Å². The minimum atomic E-state index is -0.739. The van der Waals surface area contributed by atoms with Crippen LogP contribution in [0.15, 0.2) is 485 Å². The summed E-state index contributed by atoms with van der Waals surface area (Å²) >= 11 is 0. The zero-order chi connectivity index (χ0) is 112. The van der Waals surface area contributed by atoms with Crippen molar-refractivity contribution in [3.63, 3.8) is 0 Å². The lowest BCUT2D eigenvalue weighted by Crippen LogP contribution is -2.15. The van der Waals surface area contributed by atoms with Crippen LogP contribution in [0.5, 0.6) is 0 Å². The van der Waals surface area contributed by atoms with Gasteiger partial charge in [-0.05, 0) is 257 Å². The fourth-order valence-corrected chi connectivity index (χ4v) is 20.3.